The molecular weight excluding hydrogens is 460 g/mol. The Labute approximate surface area is 213 Å². The van der Waals surface area contributed by atoms with E-state index in [4.69, 9.17) is 20.2 Å². The third-order valence-corrected chi connectivity index (χ3v) is 8.23. The van der Waals surface area contributed by atoms with Gasteiger partial charge in [0.2, 0.25) is 5.91 Å². The number of nitrogens with two attached hydrogens (primary N) is 1. The van der Waals surface area contributed by atoms with Gasteiger partial charge in [-0.15, -0.1) is 0 Å². The first-order valence-corrected chi connectivity index (χ1v) is 13.3. The number of nitrogen functional groups attached to an aromatic ring is 1. The minimum absolute atomic E-state index is 0.0652. The maximum absolute atomic E-state index is 13.4. The summed E-state index contributed by atoms with van der Waals surface area (Å²) in [5, 5.41) is 0. The largest absolute Gasteiger partial charge is 0.507 e. The van der Waals surface area contributed by atoms with Crippen LogP contribution < -0.4 is 10.6 Å². The van der Waals surface area contributed by atoms with Crippen molar-refractivity contribution >= 4 is 23.6 Å². The first kappa shape index (κ1) is 25.1. The van der Waals surface area contributed by atoms with Crippen molar-refractivity contribution in [3.8, 4) is 0 Å². The number of carbonyl (C=O) groups is 2. The van der Waals surface area contributed by atoms with Gasteiger partial charge in [0.1, 0.15) is 0 Å². The van der Waals surface area contributed by atoms with Gasteiger partial charge >= 0.3 is 6.16 Å². The summed E-state index contributed by atoms with van der Waals surface area (Å²) in [4.78, 5) is 34.2. The standard InChI is InChI=1S/C27H40N4O5/c1-15(2)21-12-30(8-9-31(21)25(32)18-10-17(18)13-35-26(33)34-5)24-22(28)19-11-27(3,4)36-14-20(19)23(29-24)16-6-7-16/h15-18,21H,6-14,28H2,1-5H3/t17-,18?,21-/m0/s1. The molecule has 9 heteroatoms. The van der Waals surface area contributed by atoms with E-state index in [1.165, 1.54) is 31.1 Å². The molecule has 9 nitrogen and oxygen atoms in total. The van der Waals surface area contributed by atoms with Crippen molar-refractivity contribution in [2.75, 3.05) is 44.0 Å². The number of pyridine rings is 1. The number of nitrogens with zero attached hydrogens (tertiary/aromatic N) is 3. The molecular formula is C27H40N4O5. The Morgan fingerprint density at radius 2 is 1.97 bits per heavy atom. The molecule has 3 fully saturated rings. The van der Waals surface area contributed by atoms with Crippen molar-refractivity contribution in [2.24, 2.45) is 17.8 Å². The number of piperazine rings is 1. The predicted octanol–water partition coefficient (Wildman–Crippen LogP) is 3.48. The van der Waals surface area contributed by atoms with E-state index in [0.717, 1.165) is 30.0 Å². The fourth-order valence-corrected chi connectivity index (χ4v) is 5.76. The number of hydrogen-bond donors (Lipinski definition) is 1. The smallest absolute Gasteiger partial charge is 0.438 e. The molecule has 36 heavy (non-hydrogen) atoms. The van der Waals surface area contributed by atoms with Crippen LogP contribution in [0.1, 0.15) is 69.7 Å². The SMILES string of the molecule is COC(=O)OC[C@@H]1CC1C(=O)N1CCN(c2nc(C3CC3)c3c(c2N)CC(C)(C)OC3)C[C@H]1C(C)C. The second-order valence-electron chi connectivity index (χ2n) is 11.8. The fraction of sp³-hybridized carbons (Fsp3) is 0.741. The molecule has 0 radical (unpaired) electrons. The molecule has 1 saturated heterocycles. The Bertz CT molecular complexity index is 1040. The summed E-state index contributed by atoms with van der Waals surface area (Å²) in [6, 6.07) is 0.0652. The van der Waals surface area contributed by atoms with Crippen LogP contribution in [0.15, 0.2) is 0 Å². The highest BCUT2D eigenvalue weighted by atomic mass is 16.7. The molecule has 5 rings (SSSR count). The fourth-order valence-electron chi connectivity index (χ4n) is 5.76. The molecule has 2 aliphatic carbocycles. The number of methoxy groups -OCH3 is 1. The van der Waals surface area contributed by atoms with Crippen LogP contribution in [-0.4, -0.2) is 66.9 Å². The third kappa shape index (κ3) is 4.86. The van der Waals surface area contributed by atoms with E-state index in [-0.39, 0.29) is 41.9 Å². The Kier molecular flexibility index (Phi) is 6.55. The highest BCUT2D eigenvalue weighted by Gasteiger charge is 2.48. The second kappa shape index (κ2) is 9.39. The summed E-state index contributed by atoms with van der Waals surface area (Å²) in [7, 11) is 1.29. The number of anilines is 2. The van der Waals surface area contributed by atoms with Crippen LogP contribution in [0, 0.1) is 17.8 Å². The number of fused-ring (bicyclic) bond motifs is 1. The molecule has 2 N–H and O–H groups in total. The lowest BCUT2D eigenvalue weighted by atomic mass is 9.89. The molecule has 4 aliphatic rings. The normalized spacial score (nSPS) is 27.0. The number of amides is 1. The number of rotatable bonds is 6. The van der Waals surface area contributed by atoms with E-state index in [0.29, 0.717) is 32.2 Å². The van der Waals surface area contributed by atoms with Gasteiger partial charge < -0.3 is 29.7 Å². The van der Waals surface area contributed by atoms with Gasteiger partial charge in [-0.05, 0) is 44.6 Å². The van der Waals surface area contributed by atoms with Crippen molar-refractivity contribution < 1.29 is 23.8 Å². The maximum atomic E-state index is 13.4. The first-order chi connectivity index (χ1) is 17.1. The zero-order valence-corrected chi connectivity index (χ0v) is 22.2. The Balaban J connectivity index is 1.34. The average Bonchev–Trinajstić information content (AvgIpc) is 3.77. The van der Waals surface area contributed by atoms with Gasteiger partial charge in [-0.3, -0.25) is 4.79 Å². The minimum atomic E-state index is -0.697. The average molecular weight is 501 g/mol. The summed E-state index contributed by atoms with van der Waals surface area (Å²) in [5.74, 6) is 1.82. The van der Waals surface area contributed by atoms with Gasteiger partial charge in [0.15, 0.2) is 5.82 Å². The number of ether oxygens (including phenoxy) is 3. The van der Waals surface area contributed by atoms with Crippen LogP contribution in [0.4, 0.5) is 16.3 Å². The van der Waals surface area contributed by atoms with Crippen molar-refractivity contribution in [1.82, 2.24) is 9.88 Å². The zero-order chi connectivity index (χ0) is 25.8. The van der Waals surface area contributed by atoms with Crippen LogP contribution in [0.5, 0.6) is 0 Å². The highest BCUT2D eigenvalue weighted by Crippen LogP contribution is 2.47. The summed E-state index contributed by atoms with van der Waals surface area (Å²) in [6.07, 6.45) is 3.18. The lowest BCUT2D eigenvalue weighted by Crippen LogP contribution is -2.58. The molecule has 0 aromatic carbocycles. The van der Waals surface area contributed by atoms with Crippen molar-refractivity contribution in [1.29, 1.82) is 0 Å². The van der Waals surface area contributed by atoms with Crippen LogP contribution in [0.25, 0.3) is 0 Å². The lowest BCUT2D eigenvalue weighted by molar-refractivity contribution is -0.137. The van der Waals surface area contributed by atoms with Crippen LogP contribution in [0.2, 0.25) is 0 Å². The molecule has 2 saturated carbocycles. The van der Waals surface area contributed by atoms with Crippen molar-refractivity contribution in [3.63, 3.8) is 0 Å². The summed E-state index contributed by atoms with van der Waals surface area (Å²) in [6.45, 7) is 11.4. The molecule has 0 bridgehead atoms. The topological polar surface area (TPSA) is 107 Å². The van der Waals surface area contributed by atoms with Gasteiger partial charge in [-0.25, -0.2) is 9.78 Å². The van der Waals surface area contributed by atoms with Gasteiger partial charge in [0, 0.05) is 49.4 Å². The molecule has 198 valence electrons. The van der Waals surface area contributed by atoms with Gasteiger partial charge in [0.25, 0.3) is 0 Å². The Morgan fingerprint density at radius 3 is 2.64 bits per heavy atom. The number of aromatic nitrogens is 1. The lowest BCUT2D eigenvalue weighted by Gasteiger charge is -2.45. The predicted molar refractivity (Wildman–Crippen MR) is 136 cm³/mol. The van der Waals surface area contributed by atoms with Crippen molar-refractivity contribution in [3.05, 3.63) is 16.8 Å². The monoisotopic (exact) mass is 500 g/mol. The first-order valence-electron chi connectivity index (χ1n) is 13.3. The van der Waals surface area contributed by atoms with Gasteiger partial charge in [-0.1, -0.05) is 13.8 Å². The molecule has 1 aromatic rings. The van der Waals surface area contributed by atoms with Gasteiger partial charge in [0.05, 0.1) is 43.3 Å². The third-order valence-electron chi connectivity index (χ3n) is 8.23. The minimum Gasteiger partial charge on any atom is -0.438 e. The quantitative estimate of drug-likeness (QED) is 0.592. The highest BCUT2D eigenvalue weighted by molar-refractivity contribution is 5.82. The van der Waals surface area contributed by atoms with Crippen LogP contribution >= 0.6 is 0 Å². The van der Waals surface area contributed by atoms with E-state index in [1.54, 1.807) is 0 Å². The summed E-state index contributed by atoms with van der Waals surface area (Å²) in [5.41, 5.74) is 10.9. The van der Waals surface area contributed by atoms with Crippen LogP contribution in [0.3, 0.4) is 0 Å². The van der Waals surface area contributed by atoms with E-state index >= 15 is 0 Å². The Hall–Kier alpha value is -2.55. The van der Waals surface area contributed by atoms with Gasteiger partial charge in [-0.2, -0.15) is 0 Å². The molecule has 1 aromatic heterocycles. The second-order valence-corrected chi connectivity index (χ2v) is 11.8. The van der Waals surface area contributed by atoms with E-state index < -0.39 is 6.16 Å². The summed E-state index contributed by atoms with van der Waals surface area (Å²) >= 11 is 0. The maximum Gasteiger partial charge on any atom is 0.507 e. The number of carbonyl (C=O) groups excluding carboxylic acids is 2. The Morgan fingerprint density at radius 1 is 1.22 bits per heavy atom. The number of hydrogen-bond acceptors (Lipinski definition) is 8. The van der Waals surface area contributed by atoms with E-state index in [2.05, 4.69) is 37.3 Å². The molecule has 1 unspecified atom stereocenters. The molecule has 3 atom stereocenters. The van der Waals surface area contributed by atoms with E-state index in [1.807, 2.05) is 4.90 Å². The van der Waals surface area contributed by atoms with Crippen LogP contribution in [-0.2, 0) is 32.0 Å². The van der Waals surface area contributed by atoms with E-state index in [9.17, 15) is 9.59 Å². The van der Waals surface area contributed by atoms with Crippen molar-refractivity contribution in [2.45, 2.75) is 77.5 Å². The molecule has 3 heterocycles. The zero-order valence-electron chi connectivity index (χ0n) is 22.2. The molecule has 0 spiro atoms. The summed E-state index contributed by atoms with van der Waals surface area (Å²) < 4.78 is 15.7. The molecule has 1 amide bonds. The molecule has 2 aliphatic heterocycles.